The second-order valence-corrected chi connectivity index (χ2v) is 6.43. The quantitative estimate of drug-likeness (QED) is 0.831. The van der Waals surface area contributed by atoms with Crippen molar-refractivity contribution in [3.8, 4) is 0 Å². The van der Waals surface area contributed by atoms with E-state index in [0.717, 1.165) is 29.5 Å². The lowest BCUT2D eigenvalue weighted by Crippen LogP contribution is -2.42. The number of aromatic nitrogens is 1. The van der Waals surface area contributed by atoms with Crippen LogP contribution in [-0.2, 0) is 4.79 Å². The number of carbonyl (C=O) groups excluding carboxylic acids is 1. The second-order valence-electron chi connectivity index (χ2n) is 6.43. The van der Waals surface area contributed by atoms with Crippen molar-refractivity contribution in [3.05, 3.63) is 59.4 Å². The van der Waals surface area contributed by atoms with E-state index < -0.39 is 23.6 Å². The zero-order valence-electron chi connectivity index (χ0n) is 14.8. The summed E-state index contributed by atoms with van der Waals surface area (Å²) in [4.78, 5) is 16.8. The Labute approximate surface area is 146 Å². The molecule has 2 rings (SSSR count). The van der Waals surface area contributed by atoms with Gasteiger partial charge in [0.1, 0.15) is 11.6 Å². The van der Waals surface area contributed by atoms with Gasteiger partial charge >= 0.3 is 0 Å². The number of anilines is 1. The molecule has 2 unspecified atom stereocenters. The Morgan fingerprint density at radius 3 is 2.52 bits per heavy atom. The summed E-state index contributed by atoms with van der Waals surface area (Å²) in [5.74, 6) is -1.54. The number of carbonyl (C=O) groups is 1. The van der Waals surface area contributed by atoms with E-state index in [-0.39, 0.29) is 17.6 Å². The summed E-state index contributed by atoms with van der Waals surface area (Å²) in [6.45, 7) is 7.71. The Bertz CT molecular complexity index is 749. The number of hydrogen-bond acceptors (Lipinski definition) is 3. The molecule has 0 aliphatic heterocycles. The van der Waals surface area contributed by atoms with E-state index in [9.17, 15) is 13.6 Å². The molecule has 2 N–H and O–H groups in total. The monoisotopic (exact) mass is 347 g/mol. The topological polar surface area (TPSA) is 54.0 Å². The fraction of sp³-hybridized carbons (Fsp3) is 0.368. The summed E-state index contributed by atoms with van der Waals surface area (Å²) in [5.41, 5.74) is 1.72. The van der Waals surface area contributed by atoms with Gasteiger partial charge in [0.05, 0.1) is 23.5 Å². The summed E-state index contributed by atoms with van der Waals surface area (Å²) in [6.07, 6.45) is 1.71. The van der Waals surface area contributed by atoms with Gasteiger partial charge in [-0.3, -0.25) is 15.1 Å². The van der Waals surface area contributed by atoms with Gasteiger partial charge in [0.15, 0.2) is 0 Å². The summed E-state index contributed by atoms with van der Waals surface area (Å²) < 4.78 is 26.9. The highest BCUT2D eigenvalue weighted by Crippen LogP contribution is 2.23. The summed E-state index contributed by atoms with van der Waals surface area (Å²) >= 11 is 0. The predicted molar refractivity (Wildman–Crippen MR) is 94.1 cm³/mol. The van der Waals surface area contributed by atoms with E-state index in [1.807, 2.05) is 32.9 Å². The maximum atomic E-state index is 13.7. The van der Waals surface area contributed by atoms with Crippen molar-refractivity contribution < 1.29 is 13.6 Å². The smallest absolute Gasteiger partial charge is 0.241 e. The molecule has 0 saturated heterocycles. The minimum absolute atomic E-state index is 0.140. The van der Waals surface area contributed by atoms with Crippen LogP contribution in [0.25, 0.3) is 0 Å². The Balaban J connectivity index is 2.13. The maximum Gasteiger partial charge on any atom is 0.241 e. The molecule has 0 aliphatic rings. The minimum Gasteiger partial charge on any atom is -0.322 e. The molecule has 4 nitrogen and oxygen atoms in total. The van der Waals surface area contributed by atoms with Crippen LogP contribution in [-0.4, -0.2) is 16.9 Å². The van der Waals surface area contributed by atoms with Crippen LogP contribution in [0.3, 0.4) is 0 Å². The van der Waals surface area contributed by atoms with Crippen LogP contribution < -0.4 is 10.6 Å². The zero-order valence-corrected chi connectivity index (χ0v) is 14.8. The van der Waals surface area contributed by atoms with E-state index in [0.29, 0.717) is 0 Å². The van der Waals surface area contributed by atoms with Crippen LogP contribution in [0.4, 0.5) is 14.5 Å². The number of pyridine rings is 1. The van der Waals surface area contributed by atoms with Crippen LogP contribution in [0, 0.1) is 24.5 Å². The van der Waals surface area contributed by atoms with Gasteiger partial charge in [-0.15, -0.1) is 0 Å². The SMILES string of the molecule is Cc1cccnc1C(NC(C)C(=O)Nc1cc(F)ccc1F)C(C)C. The summed E-state index contributed by atoms with van der Waals surface area (Å²) in [7, 11) is 0. The van der Waals surface area contributed by atoms with E-state index in [4.69, 9.17) is 0 Å². The first-order valence-electron chi connectivity index (χ1n) is 8.23. The number of hydrogen-bond donors (Lipinski definition) is 2. The van der Waals surface area contributed by atoms with Crippen LogP contribution >= 0.6 is 0 Å². The first-order chi connectivity index (χ1) is 11.8. The lowest BCUT2D eigenvalue weighted by Gasteiger charge is -2.26. The van der Waals surface area contributed by atoms with Gasteiger partial charge in [-0.2, -0.15) is 0 Å². The molecule has 6 heteroatoms. The van der Waals surface area contributed by atoms with Gasteiger partial charge in [-0.1, -0.05) is 19.9 Å². The number of halogens is 2. The van der Waals surface area contributed by atoms with Crippen molar-refractivity contribution in [2.24, 2.45) is 5.92 Å². The second kappa shape index (κ2) is 8.16. The van der Waals surface area contributed by atoms with Crippen molar-refractivity contribution in [3.63, 3.8) is 0 Å². The molecule has 2 aromatic rings. The fourth-order valence-corrected chi connectivity index (χ4v) is 2.59. The van der Waals surface area contributed by atoms with Gasteiger partial charge in [-0.05, 0) is 43.5 Å². The third kappa shape index (κ3) is 4.82. The van der Waals surface area contributed by atoms with Crippen molar-refractivity contribution in [2.75, 3.05) is 5.32 Å². The van der Waals surface area contributed by atoms with Crippen molar-refractivity contribution >= 4 is 11.6 Å². The van der Waals surface area contributed by atoms with E-state index in [1.54, 1.807) is 13.1 Å². The number of rotatable bonds is 6. The Morgan fingerprint density at radius 2 is 1.88 bits per heavy atom. The van der Waals surface area contributed by atoms with Gasteiger partial charge in [0.25, 0.3) is 0 Å². The molecular formula is C19H23F2N3O. The van der Waals surface area contributed by atoms with Crippen LogP contribution in [0.1, 0.15) is 38.1 Å². The van der Waals surface area contributed by atoms with E-state index in [1.165, 1.54) is 0 Å². The maximum absolute atomic E-state index is 13.7. The fourth-order valence-electron chi connectivity index (χ4n) is 2.59. The number of nitrogens with one attached hydrogen (secondary N) is 2. The van der Waals surface area contributed by atoms with E-state index in [2.05, 4.69) is 15.6 Å². The van der Waals surface area contributed by atoms with Crippen LogP contribution in [0.15, 0.2) is 36.5 Å². The molecule has 134 valence electrons. The van der Waals surface area contributed by atoms with Gasteiger partial charge < -0.3 is 5.32 Å². The normalized spacial score (nSPS) is 13.6. The highest BCUT2D eigenvalue weighted by atomic mass is 19.1. The number of benzene rings is 1. The lowest BCUT2D eigenvalue weighted by molar-refractivity contribution is -0.118. The molecule has 0 radical (unpaired) electrons. The third-order valence-electron chi connectivity index (χ3n) is 4.02. The molecule has 1 aromatic heterocycles. The molecule has 0 bridgehead atoms. The molecule has 0 spiro atoms. The first kappa shape index (κ1) is 19.0. The lowest BCUT2D eigenvalue weighted by atomic mass is 9.96. The Morgan fingerprint density at radius 1 is 1.16 bits per heavy atom. The molecule has 1 aromatic carbocycles. The highest BCUT2D eigenvalue weighted by molar-refractivity contribution is 5.94. The third-order valence-corrected chi connectivity index (χ3v) is 4.02. The molecule has 0 saturated carbocycles. The average molecular weight is 347 g/mol. The Hall–Kier alpha value is -2.34. The molecule has 0 aliphatic carbocycles. The minimum atomic E-state index is -0.678. The largest absolute Gasteiger partial charge is 0.322 e. The predicted octanol–water partition coefficient (Wildman–Crippen LogP) is 3.98. The molecular weight excluding hydrogens is 324 g/mol. The number of nitrogens with zero attached hydrogens (tertiary/aromatic N) is 1. The number of aryl methyl sites for hydroxylation is 1. The summed E-state index contributed by atoms with van der Waals surface area (Å²) in [6, 6.07) is 6.02. The van der Waals surface area contributed by atoms with Crippen molar-refractivity contribution in [1.29, 1.82) is 0 Å². The summed E-state index contributed by atoms with van der Waals surface area (Å²) in [5, 5.41) is 5.66. The van der Waals surface area contributed by atoms with Crippen LogP contribution in [0.5, 0.6) is 0 Å². The number of amides is 1. The van der Waals surface area contributed by atoms with Crippen LogP contribution in [0.2, 0.25) is 0 Å². The first-order valence-corrected chi connectivity index (χ1v) is 8.23. The highest BCUT2D eigenvalue weighted by Gasteiger charge is 2.24. The van der Waals surface area contributed by atoms with Crippen molar-refractivity contribution in [1.82, 2.24) is 10.3 Å². The van der Waals surface area contributed by atoms with Gasteiger partial charge in [0, 0.05) is 12.3 Å². The van der Waals surface area contributed by atoms with Gasteiger partial charge in [-0.25, -0.2) is 8.78 Å². The Kier molecular flexibility index (Phi) is 6.20. The molecule has 25 heavy (non-hydrogen) atoms. The molecule has 1 amide bonds. The molecule has 2 atom stereocenters. The molecule has 0 fully saturated rings. The average Bonchev–Trinajstić information content (AvgIpc) is 2.56. The zero-order chi connectivity index (χ0) is 18.6. The van der Waals surface area contributed by atoms with Crippen molar-refractivity contribution in [2.45, 2.75) is 39.8 Å². The van der Waals surface area contributed by atoms with Gasteiger partial charge in [0.2, 0.25) is 5.91 Å². The van der Waals surface area contributed by atoms with E-state index >= 15 is 0 Å². The standard InChI is InChI=1S/C19H23F2N3O/c1-11(2)17(18-12(3)6-5-9-22-18)23-13(4)19(25)24-16-10-14(20)7-8-15(16)21/h5-11,13,17,23H,1-4H3,(H,24,25). The molecule has 1 heterocycles.